The molecule has 0 aromatic heterocycles. The molecule has 4 nitrogen and oxygen atoms in total. The zero-order valence-corrected chi connectivity index (χ0v) is 39.2. The van der Waals surface area contributed by atoms with E-state index in [-0.39, 0.29) is 0 Å². The molecule has 7 aromatic rings. The molecule has 65 heavy (non-hydrogen) atoms. The Hall–Kier alpha value is -6.21. The molecule has 0 spiro atoms. The first kappa shape index (κ1) is 44.0. The third-order valence-corrected chi connectivity index (χ3v) is 14.4. The van der Waals surface area contributed by atoms with Crippen molar-refractivity contribution in [2.45, 2.75) is 84.8 Å². The van der Waals surface area contributed by atoms with Crippen LogP contribution in [0.3, 0.4) is 0 Å². The number of hydrogen-bond acceptors (Lipinski definition) is 6. The summed E-state index contributed by atoms with van der Waals surface area (Å²) >= 11 is 3.65. The van der Waals surface area contributed by atoms with E-state index in [9.17, 15) is 4.79 Å². The number of anilines is 7. The molecule has 0 bridgehead atoms. The van der Waals surface area contributed by atoms with Gasteiger partial charge in [-0.2, -0.15) is 0 Å². The number of para-hydroxylation sites is 2. The van der Waals surface area contributed by atoms with Gasteiger partial charge in [0.05, 0.1) is 22.7 Å². The van der Waals surface area contributed by atoms with Crippen molar-refractivity contribution in [3.8, 4) is 0 Å². The van der Waals surface area contributed by atoms with Crippen molar-refractivity contribution in [1.82, 2.24) is 0 Å². The van der Waals surface area contributed by atoms with Crippen LogP contribution in [0.4, 0.5) is 39.8 Å². The Morgan fingerprint density at radius 1 is 0.400 bits per heavy atom. The zero-order chi connectivity index (χ0) is 44.4. The van der Waals surface area contributed by atoms with Crippen molar-refractivity contribution >= 4 is 93.9 Å². The van der Waals surface area contributed by atoms with Gasteiger partial charge in [0.15, 0.2) is 0 Å². The van der Waals surface area contributed by atoms with Gasteiger partial charge in [-0.15, -0.1) is 0 Å². The van der Waals surface area contributed by atoms with Gasteiger partial charge >= 0.3 is 0 Å². The molecule has 0 unspecified atom stereocenters. The fourth-order valence-electron chi connectivity index (χ4n) is 8.82. The molecule has 0 saturated heterocycles. The molecule has 0 fully saturated rings. The van der Waals surface area contributed by atoms with Crippen LogP contribution in [0.2, 0.25) is 0 Å². The first-order valence-electron chi connectivity index (χ1n) is 23.4. The third kappa shape index (κ3) is 10.4. The summed E-state index contributed by atoms with van der Waals surface area (Å²) < 4.78 is 0. The number of unbranched alkanes of at least 4 members (excludes halogenated alkanes) is 6. The second-order valence-corrected chi connectivity index (χ2v) is 19.1. The summed E-state index contributed by atoms with van der Waals surface area (Å²) in [5, 5.41) is 0. The average Bonchev–Trinajstić information content (AvgIpc) is 3.35. The highest BCUT2D eigenvalue weighted by molar-refractivity contribution is 8.00. The Labute approximate surface area is 394 Å². The molecular formula is C59H57N3OS2. The largest absolute Gasteiger partial charge is 0.340 e. The van der Waals surface area contributed by atoms with Crippen molar-refractivity contribution in [3.63, 3.8) is 0 Å². The molecule has 0 radical (unpaired) electrons. The summed E-state index contributed by atoms with van der Waals surface area (Å²) in [5.41, 5.74) is 13.8. The van der Waals surface area contributed by atoms with E-state index in [4.69, 9.17) is 0 Å². The monoisotopic (exact) mass is 887 g/mol. The summed E-state index contributed by atoms with van der Waals surface area (Å²) in [6, 6.07) is 56.7. The smallest absolute Gasteiger partial charge is 0.150 e. The normalized spacial score (nSPS) is 12.8. The Balaban J connectivity index is 0.944. The molecule has 9 rings (SSSR count). The third-order valence-electron chi connectivity index (χ3n) is 12.3. The molecule has 0 N–H and O–H groups in total. The summed E-state index contributed by atoms with van der Waals surface area (Å²) in [4.78, 5) is 24.0. The van der Waals surface area contributed by atoms with Gasteiger partial charge < -0.3 is 14.7 Å². The summed E-state index contributed by atoms with van der Waals surface area (Å²) in [6.45, 7) is 6.51. The Bertz CT molecular complexity index is 2740. The van der Waals surface area contributed by atoms with Crippen molar-refractivity contribution < 1.29 is 4.79 Å². The number of aldehydes is 1. The molecule has 6 heteroatoms. The minimum absolute atomic E-state index is 0.721. The lowest BCUT2D eigenvalue weighted by Gasteiger charge is -2.33. The molecule has 2 heterocycles. The van der Waals surface area contributed by atoms with Gasteiger partial charge in [-0.25, -0.2) is 0 Å². The number of hydrogen-bond donors (Lipinski definition) is 0. The van der Waals surface area contributed by atoms with E-state index in [0.29, 0.717) is 0 Å². The summed E-state index contributed by atoms with van der Waals surface area (Å²) in [5.74, 6) is 0. The maximum atomic E-state index is 11.7. The second kappa shape index (κ2) is 21.2. The van der Waals surface area contributed by atoms with Crippen LogP contribution in [0.1, 0.15) is 97.8 Å². The van der Waals surface area contributed by atoms with E-state index in [1.807, 2.05) is 23.9 Å². The van der Waals surface area contributed by atoms with E-state index in [1.165, 1.54) is 92.7 Å². The fourth-order valence-corrected chi connectivity index (χ4v) is 11.2. The van der Waals surface area contributed by atoms with Gasteiger partial charge in [-0.1, -0.05) is 167 Å². The van der Waals surface area contributed by atoms with Gasteiger partial charge in [0, 0.05) is 55.3 Å². The van der Waals surface area contributed by atoms with Gasteiger partial charge in [-0.05, 0) is 126 Å². The lowest BCUT2D eigenvalue weighted by molar-refractivity contribution is 0.112. The molecule has 0 atom stereocenters. The molecule has 2 aliphatic rings. The number of carbonyl (C=O) groups excluding carboxylic acids is 1. The maximum absolute atomic E-state index is 11.7. The lowest BCUT2D eigenvalue weighted by Crippen LogP contribution is -2.22. The van der Waals surface area contributed by atoms with E-state index in [0.717, 1.165) is 65.3 Å². The highest BCUT2D eigenvalue weighted by Gasteiger charge is 2.25. The number of benzene rings is 7. The van der Waals surface area contributed by atoms with Crippen molar-refractivity contribution in [2.24, 2.45) is 0 Å². The summed E-state index contributed by atoms with van der Waals surface area (Å²) in [7, 11) is 0. The van der Waals surface area contributed by atoms with Gasteiger partial charge in [0.25, 0.3) is 0 Å². The standard InChI is InChI=1S/C59H57N3OS2/c1-3-5-7-15-37-60-52-33-27-45(22-21-44-25-31-51(32-26-44)62(49-17-11-9-12-18-49)50-19-13-10-14-20-50)39-56(52)64-57-40-46(28-34-53(57)60)23-24-47-29-35-54-58(41-47)65-59-42-48(43-63)30-36-55(59)61(54)38-16-8-6-4-2/h9-14,17-36,39-43H,3-8,15-16,37-38H2,1-2H3/b22-21+,24-23+. The van der Waals surface area contributed by atoms with Crippen LogP contribution < -0.4 is 14.7 Å². The lowest BCUT2D eigenvalue weighted by atomic mass is 10.1. The number of rotatable bonds is 18. The molecule has 2 aliphatic heterocycles. The second-order valence-electron chi connectivity index (χ2n) is 16.9. The van der Waals surface area contributed by atoms with Crippen LogP contribution in [0.25, 0.3) is 24.3 Å². The highest BCUT2D eigenvalue weighted by Crippen LogP contribution is 2.51. The van der Waals surface area contributed by atoms with E-state index in [2.05, 4.69) is 198 Å². The molecular weight excluding hydrogens is 831 g/mol. The summed E-state index contributed by atoms with van der Waals surface area (Å²) in [6.07, 6.45) is 19.6. The Morgan fingerprint density at radius 3 is 1.15 bits per heavy atom. The van der Waals surface area contributed by atoms with Crippen LogP contribution in [-0.2, 0) is 0 Å². The molecule has 326 valence electrons. The van der Waals surface area contributed by atoms with Crippen LogP contribution in [0.5, 0.6) is 0 Å². The van der Waals surface area contributed by atoms with Gasteiger partial charge in [-0.3, -0.25) is 4.79 Å². The van der Waals surface area contributed by atoms with E-state index in [1.54, 1.807) is 11.8 Å². The maximum Gasteiger partial charge on any atom is 0.150 e. The van der Waals surface area contributed by atoms with E-state index >= 15 is 0 Å². The minimum atomic E-state index is 0.721. The first-order valence-corrected chi connectivity index (χ1v) is 25.0. The van der Waals surface area contributed by atoms with Gasteiger partial charge in [0.2, 0.25) is 0 Å². The molecule has 0 saturated carbocycles. The molecule has 0 amide bonds. The SMILES string of the molecule is CCCCCCN1c2ccc(C=O)cc2Sc2cc(/C=C/c3ccc4c(c3)Sc3cc(/C=C/c5ccc(N(c6ccccc6)c6ccccc6)cc5)ccc3N4CCCCCC)ccc21. The van der Waals surface area contributed by atoms with Crippen LogP contribution >= 0.6 is 23.5 Å². The van der Waals surface area contributed by atoms with Crippen molar-refractivity contribution in [1.29, 1.82) is 0 Å². The highest BCUT2D eigenvalue weighted by atomic mass is 32.2. The first-order chi connectivity index (χ1) is 32.1. The van der Waals surface area contributed by atoms with Crippen LogP contribution in [0.15, 0.2) is 177 Å². The van der Waals surface area contributed by atoms with Crippen molar-refractivity contribution in [3.05, 3.63) is 186 Å². The topological polar surface area (TPSA) is 26.8 Å². The van der Waals surface area contributed by atoms with Crippen LogP contribution in [0, 0.1) is 0 Å². The Morgan fingerprint density at radius 2 is 0.754 bits per heavy atom. The Kier molecular flexibility index (Phi) is 14.3. The minimum Gasteiger partial charge on any atom is -0.340 e. The molecule has 7 aromatic carbocycles. The number of carbonyl (C=O) groups is 1. The van der Waals surface area contributed by atoms with Crippen molar-refractivity contribution in [2.75, 3.05) is 27.8 Å². The predicted molar refractivity (Wildman–Crippen MR) is 281 cm³/mol. The number of nitrogens with zero attached hydrogens (tertiary/aromatic N) is 3. The van der Waals surface area contributed by atoms with Gasteiger partial charge in [0.1, 0.15) is 6.29 Å². The van der Waals surface area contributed by atoms with Crippen LogP contribution in [-0.4, -0.2) is 19.4 Å². The quantitative estimate of drug-likeness (QED) is 0.0484. The van der Waals surface area contributed by atoms with E-state index < -0.39 is 0 Å². The predicted octanol–water partition coefficient (Wildman–Crippen LogP) is 17.7. The fraction of sp³-hybridized carbons (Fsp3) is 0.203. The zero-order valence-electron chi connectivity index (χ0n) is 37.5. The number of fused-ring (bicyclic) bond motifs is 4. The molecule has 0 aliphatic carbocycles. The average molecular weight is 888 g/mol.